The maximum absolute atomic E-state index is 3.94. The average Bonchev–Trinajstić information content (AvgIpc) is 2.33. The van der Waals surface area contributed by atoms with Gasteiger partial charge in [-0.15, -0.1) is 0 Å². The van der Waals surface area contributed by atoms with Gasteiger partial charge >= 0.3 is 0 Å². The molecule has 2 unspecified atom stereocenters. The van der Waals surface area contributed by atoms with E-state index in [4.69, 9.17) is 0 Å². The van der Waals surface area contributed by atoms with E-state index >= 15 is 0 Å². The van der Waals surface area contributed by atoms with Crippen molar-refractivity contribution in [1.29, 1.82) is 0 Å². The normalized spacial score (nSPS) is 38.2. The van der Waals surface area contributed by atoms with Crippen LogP contribution >= 0.6 is 0 Å². The van der Waals surface area contributed by atoms with Crippen molar-refractivity contribution in [2.24, 2.45) is 5.10 Å². The van der Waals surface area contributed by atoms with E-state index in [9.17, 15) is 0 Å². The molecule has 0 fully saturated rings. The SMILES string of the molecule is C1=CC2NN=CC2NC1. The molecule has 9 heavy (non-hydrogen) atoms. The average molecular weight is 123 g/mol. The van der Waals surface area contributed by atoms with E-state index in [0.717, 1.165) is 6.54 Å². The van der Waals surface area contributed by atoms with Crippen LogP contribution in [0.3, 0.4) is 0 Å². The van der Waals surface area contributed by atoms with Gasteiger partial charge in [0.05, 0.1) is 12.1 Å². The number of rotatable bonds is 0. The van der Waals surface area contributed by atoms with E-state index in [2.05, 4.69) is 28.0 Å². The molecule has 0 aliphatic carbocycles. The van der Waals surface area contributed by atoms with Crippen LogP contribution in [0.5, 0.6) is 0 Å². The van der Waals surface area contributed by atoms with Crippen molar-refractivity contribution in [3.63, 3.8) is 0 Å². The summed E-state index contributed by atoms with van der Waals surface area (Å²) in [6.07, 6.45) is 6.17. The summed E-state index contributed by atoms with van der Waals surface area (Å²) < 4.78 is 0. The van der Waals surface area contributed by atoms with Crippen molar-refractivity contribution in [3.8, 4) is 0 Å². The fraction of sp³-hybridized carbons (Fsp3) is 0.500. The van der Waals surface area contributed by atoms with Gasteiger partial charge in [-0.25, -0.2) is 0 Å². The maximum atomic E-state index is 3.94. The van der Waals surface area contributed by atoms with Gasteiger partial charge in [0.1, 0.15) is 0 Å². The molecular weight excluding hydrogens is 114 g/mol. The predicted octanol–water partition coefficient (Wildman–Crippen LogP) is -0.528. The van der Waals surface area contributed by atoms with Crippen molar-refractivity contribution in [3.05, 3.63) is 12.2 Å². The van der Waals surface area contributed by atoms with Crippen molar-refractivity contribution < 1.29 is 0 Å². The van der Waals surface area contributed by atoms with Crippen LogP contribution < -0.4 is 10.7 Å². The largest absolute Gasteiger partial charge is 0.304 e. The number of fused-ring (bicyclic) bond motifs is 1. The molecule has 0 bridgehead atoms. The van der Waals surface area contributed by atoms with Crippen LogP contribution in [0.4, 0.5) is 0 Å². The second-order valence-corrected chi connectivity index (χ2v) is 2.30. The molecule has 0 saturated carbocycles. The van der Waals surface area contributed by atoms with Crippen LogP contribution in [0.25, 0.3) is 0 Å². The summed E-state index contributed by atoms with van der Waals surface area (Å²) in [6, 6.07) is 0.828. The minimum absolute atomic E-state index is 0.402. The van der Waals surface area contributed by atoms with Gasteiger partial charge in [-0.3, -0.25) is 0 Å². The highest BCUT2D eigenvalue weighted by atomic mass is 15.3. The molecule has 0 saturated heterocycles. The Balaban J connectivity index is 2.16. The van der Waals surface area contributed by atoms with Crippen molar-refractivity contribution >= 4 is 6.21 Å². The third kappa shape index (κ3) is 0.733. The molecule has 2 atom stereocenters. The topological polar surface area (TPSA) is 36.4 Å². The molecule has 2 aliphatic rings. The Kier molecular flexibility index (Phi) is 1.02. The summed E-state index contributed by atoms with van der Waals surface area (Å²) in [4.78, 5) is 0. The Labute approximate surface area is 53.8 Å². The minimum atomic E-state index is 0.402. The van der Waals surface area contributed by atoms with Gasteiger partial charge in [-0.1, -0.05) is 12.2 Å². The molecule has 0 radical (unpaired) electrons. The van der Waals surface area contributed by atoms with E-state index in [1.54, 1.807) is 0 Å². The summed E-state index contributed by atoms with van der Waals surface area (Å²) in [6.45, 7) is 0.967. The molecule has 3 heteroatoms. The Morgan fingerprint density at radius 3 is 3.33 bits per heavy atom. The molecule has 2 rings (SSSR count). The van der Waals surface area contributed by atoms with Crippen molar-refractivity contribution in [2.45, 2.75) is 12.1 Å². The lowest BCUT2D eigenvalue weighted by molar-refractivity contribution is 0.542. The zero-order valence-corrected chi connectivity index (χ0v) is 5.04. The Morgan fingerprint density at radius 2 is 2.44 bits per heavy atom. The van der Waals surface area contributed by atoms with Crippen LogP contribution in [0.2, 0.25) is 0 Å². The van der Waals surface area contributed by atoms with Gasteiger partial charge in [0.15, 0.2) is 0 Å². The lowest BCUT2D eigenvalue weighted by atomic mass is 10.1. The molecule has 0 spiro atoms. The molecule has 0 aromatic heterocycles. The van der Waals surface area contributed by atoms with E-state index in [0.29, 0.717) is 12.1 Å². The third-order valence-electron chi connectivity index (χ3n) is 1.66. The van der Waals surface area contributed by atoms with Crippen molar-refractivity contribution in [2.75, 3.05) is 6.54 Å². The van der Waals surface area contributed by atoms with Gasteiger partial charge in [-0.2, -0.15) is 5.10 Å². The second kappa shape index (κ2) is 1.84. The smallest absolute Gasteiger partial charge is 0.0825 e. The number of hydrazone groups is 1. The van der Waals surface area contributed by atoms with Crippen LogP contribution in [0, 0.1) is 0 Å². The minimum Gasteiger partial charge on any atom is -0.304 e. The maximum Gasteiger partial charge on any atom is 0.0825 e. The zero-order valence-electron chi connectivity index (χ0n) is 5.04. The van der Waals surface area contributed by atoms with Crippen LogP contribution in [-0.4, -0.2) is 24.8 Å². The Hall–Kier alpha value is -0.830. The van der Waals surface area contributed by atoms with Crippen LogP contribution in [0.15, 0.2) is 17.3 Å². The highest BCUT2D eigenvalue weighted by molar-refractivity contribution is 5.68. The summed E-state index contributed by atoms with van der Waals surface area (Å²) in [5.74, 6) is 0. The third-order valence-corrected chi connectivity index (χ3v) is 1.66. The molecule has 0 aromatic carbocycles. The lowest BCUT2D eigenvalue weighted by Gasteiger charge is -2.18. The van der Waals surface area contributed by atoms with Crippen molar-refractivity contribution in [1.82, 2.24) is 10.7 Å². The van der Waals surface area contributed by atoms with E-state index in [1.165, 1.54) is 0 Å². The molecule has 2 heterocycles. The predicted molar refractivity (Wildman–Crippen MR) is 36.3 cm³/mol. The monoisotopic (exact) mass is 123 g/mol. The number of nitrogens with one attached hydrogen (secondary N) is 2. The van der Waals surface area contributed by atoms with E-state index < -0.39 is 0 Å². The molecule has 0 amide bonds. The quantitative estimate of drug-likeness (QED) is 0.425. The van der Waals surface area contributed by atoms with Crippen LogP contribution in [0.1, 0.15) is 0 Å². The first-order valence-corrected chi connectivity index (χ1v) is 3.15. The Morgan fingerprint density at radius 1 is 1.44 bits per heavy atom. The molecule has 48 valence electrons. The molecule has 2 aliphatic heterocycles. The number of nitrogens with zero attached hydrogens (tertiary/aromatic N) is 1. The summed E-state index contributed by atoms with van der Waals surface area (Å²) in [7, 11) is 0. The fourth-order valence-corrected chi connectivity index (χ4v) is 1.14. The molecule has 0 aromatic rings. The summed E-state index contributed by atoms with van der Waals surface area (Å²) >= 11 is 0. The van der Waals surface area contributed by atoms with Gasteiger partial charge in [0.2, 0.25) is 0 Å². The highest BCUT2D eigenvalue weighted by Crippen LogP contribution is 2.03. The first-order chi connectivity index (χ1) is 4.47. The van der Waals surface area contributed by atoms with Gasteiger partial charge in [-0.05, 0) is 0 Å². The zero-order chi connectivity index (χ0) is 6.10. The fourth-order valence-electron chi connectivity index (χ4n) is 1.14. The molecule has 2 N–H and O–H groups in total. The summed E-state index contributed by atoms with van der Waals surface area (Å²) in [5, 5.41) is 7.22. The Bertz CT molecular complexity index is 162. The van der Waals surface area contributed by atoms with E-state index in [1.807, 2.05) is 6.21 Å². The lowest BCUT2D eigenvalue weighted by Crippen LogP contribution is -2.44. The van der Waals surface area contributed by atoms with Gasteiger partial charge in [0.25, 0.3) is 0 Å². The van der Waals surface area contributed by atoms with Crippen LogP contribution in [-0.2, 0) is 0 Å². The summed E-state index contributed by atoms with van der Waals surface area (Å²) in [5.41, 5.74) is 2.98. The van der Waals surface area contributed by atoms with E-state index in [-0.39, 0.29) is 0 Å². The van der Waals surface area contributed by atoms with Gasteiger partial charge in [0, 0.05) is 12.8 Å². The van der Waals surface area contributed by atoms with Gasteiger partial charge < -0.3 is 10.7 Å². The second-order valence-electron chi connectivity index (χ2n) is 2.30. The first kappa shape index (κ1) is 4.99. The first-order valence-electron chi connectivity index (χ1n) is 3.15. The number of hydrogen-bond acceptors (Lipinski definition) is 3. The highest BCUT2D eigenvalue weighted by Gasteiger charge is 2.22. The standard InChI is InChI=1S/C6H9N3/c1-2-5-6(7-3-1)4-8-9-5/h1-2,4-7,9H,3H2. The molecular formula is C6H9N3. The molecule has 3 nitrogen and oxygen atoms in total. The number of hydrogen-bond donors (Lipinski definition) is 2.